The van der Waals surface area contributed by atoms with Crippen molar-refractivity contribution in [1.82, 2.24) is 0 Å². The van der Waals surface area contributed by atoms with Gasteiger partial charge in [0.05, 0.1) is 19.8 Å². The van der Waals surface area contributed by atoms with Crippen molar-refractivity contribution in [2.75, 3.05) is 26.4 Å². The van der Waals surface area contributed by atoms with E-state index in [1.54, 1.807) is 0 Å². The molecule has 0 saturated carbocycles. The minimum absolute atomic E-state index is 0.0348. The van der Waals surface area contributed by atoms with Gasteiger partial charge in [0.2, 0.25) is 0 Å². The molecule has 0 radical (unpaired) electrons. The zero-order valence-electron chi connectivity index (χ0n) is 43.6. The first-order chi connectivity index (χ1) is 33.6. The Morgan fingerprint density at radius 3 is 1.46 bits per heavy atom. The lowest BCUT2D eigenvalue weighted by molar-refractivity contribution is -0.301. The number of esters is 1. The van der Waals surface area contributed by atoms with Crippen LogP contribution in [0.4, 0.5) is 0 Å². The van der Waals surface area contributed by atoms with E-state index in [1.165, 1.54) is 141 Å². The van der Waals surface area contributed by atoms with Crippen LogP contribution in [-0.4, -0.2) is 97.5 Å². The predicted molar refractivity (Wildman–Crippen MR) is 280 cm³/mol. The normalized spacial score (nSPS) is 19.5. The van der Waals surface area contributed by atoms with Crippen LogP contribution in [0.3, 0.4) is 0 Å². The predicted octanol–water partition coefficient (Wildman–Crippen LogP) is 13.5. The van der Waals surface area contributed by atoms with Gasteiger partial charge in [-0.2, -0.15) is 8.42 Å². The molecular weight excluding hydrogens is 897 g/mol. The van der Waals surface area contributed by atoms with Crippen LogP contribution in [-0.2, 0) is 38.3 Å². The molecule has 1 aliphatic heterocycles. The zero-order valence-corrected chi connectivity index (χ0v) is 44.4. The molecule has 12 nitrogen and oxygen atoms in total. The first kappa shape index (κ1) is 65.1. The highest BCUT2D eigenvalue weighted by Gasteiger charge is 2.48. The Hall–Kier alpha value is -1.94. The van der Waals surface area contributed by atoms with E-state index in [4.69, 9.17) is 18.9 Å². The fourth-order valence-corrected chi connectivity index (χ4v) is 9.06. The average Bonchev–Trinajstić information content (AvgIpc) is 3.32. The highest BCUT2D eigenvalue weighted by Crippen LogP contribution is 2.26. The molecule has 0 aromatic rings. The Kier molecular flexibility index (Phi) is 44.4. The second kappa shape index (κ2) is 47.1. The van der Waals surface area contributed by atoms with Crippen LogP contribution in [0.5, 0.6) is 0 Å². The summed E-state index contributed by atoms with van der Waals surface area (Å²) in [4.78, 5) is 12.9. The quantitative estimate of drug-likeness (QED) is 0.0196. The lowest BCUT2D eigenvalue weighted by Gasteiger charge is -2.41. The molecule has 1 fully saturated rings. The molecule has 404 valence electrons. The van der Waals surface area contributed by atoms with Crippen molar-refractivity contribution in [3.05, 3.63) is 48.6 Å². The van der Waals surface area contributed by atoms with E-state index in [-0.39, 0.29) is 19.6 Å². The van der Waals surface area contributed by atoms with Crippen LogP contribution in [0, 0.1) is 0 Å². The zero-order chi connectivity index (χ0) is 50.3. The number of hydrogen-bond acceptors (Lipinski definition) is 11. The smallest absolute Gasteiger partial charge is 0.397 e. The van der Waals surface area contributed by atoms with E-state index < -0.39 is 59.8 Å². The van der Waals surface area contributed by atoms with Crippen LogP contribution >= 0.6 is 0 Å². The maximum Gasteiger partial charge on any atom is 0.397 e. The third-order valence-corrected chi connectivity index (χ3v) is 13.2. The molecule has 6 unspecified atom stereocenters. The lowest BCUT2D eigenvalue weighted by Crippen LogP contribution is -2.60. The minimum Gasteiger partial charge on any atom is -0.457 e. The third-order valence-electron chi connectivity index (χ3n) is 12.7. The molecule has 0 spiro atoms. The van der Waals surface area contributed by atoms with E-state index in [1.807, 2.05) is 0 Å². The summed E-state index contributed by atoms with van der Waals surface area (Å²) in [5.41, 5.74) is 0. The number of allylic oxidation sites excluding steroid dienone is 8. The second-order valence-electron chi connectivity index (χ2n) is 19.2. The summed E-state index contributed by atoms with van der Waals surface area (Å²) < 4.78 is 59.4. The molecule has 1 rings (SSSR count). The lowest BCUT2D eigenvalue weighted by atomic mass is 9.99. The van der Waals surface area contributed by atoms with Gasteiger partial charge in [-0.25, -0.2) is 4.18 Å². The number of aliphatic hydroxyl groups excluding tert-OH is 3. The first-order valence-corrected chi connectivity index (χ1v) is 29.3. The number of ether oxygens (including phenoxy) is 4. The molecule has 1 heterocycles. The average molecular weight is 999 g/mol. The molecule has 1 saturated heterocycles. The third kappa shape index (κ3) is 40.3. The summed E-state index contributed by atoms with van der Waals surface area (Å²) in [5, 5.41) is 30.8. The summed E-state index contributed by atoms with van der Waals surface area (Å²) in [5.74, 6) is -0.404. The van der Waals surface area contributed by atoms with Crippen LogP contribution in [0.1, 0.15) is 239 Å². The van der Waals surface area contributed by atoms with E-state index in [9.17, 15) is 33.1 Å². The molecular formula is C56H102O12S. The molecule has 0 aromatic heterocycles. The summed E-state index contributed by atoms with van der Waals surface area (Å²) in [6, 6.07) is 0. The Balaban J connectivity index is 2.32. The van der Waals surface area contributed by atoms with Crippen molar-refractivity contribution < 1.29 is 56.2 Å². The van der Waals surface area contributed by atoms with Crippen molar-refractivity contribution in [1.29, 1.82) is 0 Å². The number of carbonyl (C=O) groups excluding carboxylic acids is 1. The van der Waals surface area contributed by atoms with E-state index in [0.29, 0.717) is 13.0 Å². The monoisotopic (exact) mass is 999 g/mol. The summed E-state index contributed by atoms with van der Waals surface area (Å²) >= 11 is 0. The van der Waals surface area contributed by atoms with Gasteiger partial charge in [-0.3, -0.25) is 9.35 Å². The van der Waals surface area contributed by atoms with Crippen molar-refractivity contribution in [3.63, 3.8) is 0 Å². The molecule has 4 N–H and O–H groups in total. The van der Waals surface area contributed by atoms with Crippen LogP contribution in [0.2, 0.25) is 0 Å². The Bertz CT molecular complexity index is 1380. The number of aliphatic hydroxyl groups is 3. The molecule has 6 atom stereocenters. The molecule has 0 aromatic carbocycles. The second-order valence-corrected chi connectivity index (χ2v) is 20.2. The van der Waals surface area contributed by atoms with Gasteiger partial charge in [-0.1, -0.05) is 229 Å². The first-order valence-electron chi connectivity index (χ1n) is 27.9. The van der Waals surface area contributed by atoms with Crippen molar-refractivity contribution in [2.24, 2.45) is 0 Å². The summed E-state index contributed by atoms with van der Waals surface area (Å²) in [6.45, 7) is 3.91. The van der Waals surface area contributed by atoms with Crippen LogP contribution < -0.4 is 0 Å². The number of hydrogen-bond donors (Lipinski definition) is 4. The number of carbonyl (C=O) groups is 1. The molecule has 13 heteroatoms. The molecule has 0 aliphatic carbocycles. The van der Waals surface area contributed by atoms with Gasteiger partial charge in [0.1, 0.15) is 30.5 Å². The van der Waals surface area contributed by atoms with Gasteiger partial charge in [0, 0.05) is 13.0 Å². The SMILES string of the molecule is CC/C=C\C/C=C\C/C=C\C/C=C\CCCCCCCCCCC(=O)OC(COCCCCCCCCCCCCCCCCCCCCCCC)COC1OC(CO)C(O)C(OS(=O)(=O)O)C1O. The van der Waals surface area contributed by atoms with Gasteiger partial charge < -0.3 is 34.3 Å². The van der Waals surface area contributed by atoms with Crippen molar-refractivity contribution in [2.45, 2.75) is 275 Å². The largest absolute Gasteiger partial charge is 0.457 e. The number of rotatable bonds is 49. The number of unbranched alkanes of at least 4 members (excludes halogenated alkanes) is 28. The molecule has 0 amide bonds. The fraction of sp³-hybridized carbons (Fsp3) is 0.839. The van der Waals surface area contributed by atoms with Crippen LogP contribution in [0.25, 0.3) is 0 Å². The van der Waals surface area contributed by atoms with Gasteiger partial charge in [-0.15, -0.1) is 0 Å². The summed E-state index contributed by atoms with van der Waals surface area (Å²) in [6.07, 6.45) is 50.0. The molecule has 1 aliphatic rings. The molecule has 69 heavy (non-hydrogen) atoms. The minimum atomic E-state index is -5.07. The van der Waals surface area contributed by atoms with E-state index in [2.05, 4.69) is 66.6 Å². The van der Waals surface area contributed by atoms with E-state index >= 15 is 0 Å². The highest BCUT2D eigenvalue weighted by atomic mass is 32.3. The highest BCUT2D eigenvalue weighted by molar-refractivity contribution is 7.80. The van der Waals surface area contributed by atoms with Gasteiger partial charge >= 0.3 is 16.4 Å². The molecule has 0 bridgehead atoms. The van der Waals surface area contributed by atoms with E-state index in [0.717, 1.165) is 70.6 Å². The maximum absolute atomic E-state index is 12.9. The topological polar surface area (TPSA) is 178 Å². The Morgan fingerprint density at radius 1 is 0.565 bits per heavy atom. The van der Waals surface area contributed by atoms with Gasteiger partial charge in [0.25, 0.3) is 0 Å². The van der Waals surface area contributed by atoms with Gasteiger partial charge in [0.15, 0.2) is 6.29 Å². The van der Waals surface area contributed by atoms with Crippen molar-refractivity contribution in [3.8, 4) is 0 Å². The van der Waals surface area contributed by atoms with Crippen LogP contribution in [0.15, 0.2) is 48.6 Å². The Labute approximate surface area is 421 Å². The van der Waals surface area contributed by atoms with Crippen molar-refractivity contribution >= 4 is 16.4 Å². The fourth-order valence-electron chi connectivity index (χ4n) is 8.55. The standard InChI is InChI=1S/C56H102O12S/c1-3-5-7-9-11-13-15-17-19-21-23-25-27-29-31-33-35-37-39-41-43-45-52(58)66-50(49-65-56-54(60)55(68-69(61,62)63)53(59)51(47-57)67-56)48-64-46-44-42-40-38-36-34-32-30-28-26-24-22-20-18-16-14-12-10-8-6-4-2/h5,7,11,13,17,19,23,25,50-51,53-57,59-60H,3-4,6,8-10,12,14-16,18,20-22,24,26-49H2,1-2H3,(H,61,62,63)/b7-5-,13-11-,19-17-,25-23-. The summed E-state index contributed by atoms with van der Waals surface area (Å²) in [7, 11) is -5.07. The Morgan fingerprint density at radius 2 is 1.00 bits per heavy atom. The van der Waals surface area contributed by atoms with Gasteiger partial charge in [-0.05, 0) is 51.4 Å². The maximum atomic E-state index is 12.9.